The van der Waals surface area contributed by atoms with E-state index >= 15 is 0 Å². The van der Waals surface area contributed by atoms with Crippen molar-refractivity contribution in [3.63, 3.8) is 0 Å². The van der Waals surface area contributed by atoms with Gasteiger partial charge in [0, 0.05) is 31.4 Å². The van der Waals surface area contributed by atoms with Gasteiger partial charge in [0.1, 0.15) is 0 Å². The molecular weight excluding hydrogens is 172 g/mol. The third kappa shape index (κ3) is 3.16. The predicted octanol–water partition coefficient (Wildman–Crippen LogP) is 0.883. The first-order valence-electron chi connectivity index (χ1n) is 3.98. The third-order valence-corrected chi connectivity index (χ3v) is 1.80. The molecular formula is C8H12N2O3. The van der Waals surface area contributed by atoms with Crippen LogP contribution in [0.2, 0.25) is 0 Å². The van der Waals surface area contributed by atoms with Crippen molar-refractivity contribution in [1.82, 2.24) is 10.3 Å². The lowest BCUT2D eigenvalue weighted by atomic mass is 10.1. The number of carboxylic acid groups (broad SMARTS) is 2. The molecule has 0 atom stereocenters. The van der Waals surface area contributed by atoms with Crippen molar-refractivity contribution in [2.75, 3.05) is 6.54 Å². The van der Waals surface area contributed by atoms with E-state index in [1.807, 2.05) is 6.20 Å². The summed E-state index contributed by atoms with van der Waals surface area (Å²) in [6, 6.07) is 2.14. The van der Waals surface area contributed by atoms with Crippen LogP contribution in [0.4, 0.5) is 4.79 Å². The molecule has 0 radical (unpaired) electrons. The zero-order valence-electron chi connectivity index (χ0n) is 7.08. The second-order valence-corrected chi connectivity index (χ2v) is 2.69. The van der Waals surface area contributed by atoms with Crippen molar-refractivity contribution in [2.24, 2.45) is 0 Å². The molecule has 0 spiro atoms. The zero-order valence-corrected chi connectivity index (χ0v) is 7.08. The Labute approximate surface area is 75.4 Å². The minimum Gasteiger partial charge on any atom is -0.450 e. The van der Waals surface area contributed by atoms with Crippen molar-refractivity contribution < 1.29 is 15.0 Å². The van der Waals surface area contributed by atoms with Crippen molar-refractivity contribution >= 4 is 6.16 Å². The fourth-order valence-corrected chi connectivity index (χ4v) is 1.27. The van der Waals surface area contributed by atoms with Crippen LogP contribution in [-0.4, -0.2) is 27.9 Å². The molecule has 5 nitrogen and oxygen atoms in total. The van der Waals surface area contributed by atoms with Gasteiger partial charge in [-0.2, -0.15) is 0 Å². The van der Waals surface area contributed by atoms with E-state index < -0.39 is 6.16 Å². The first-order valence-corrected chi connectivity index (χ1v) is 3.98. The molecule has 0 fully saturated rings. The summed E-state index contributed by atoms with van der Waals surface area (Å²) >= 11 is 0. The van der Waals surface area contributed by atoms with Gasteiger partial charge >= 0.3 is 6.16 Å². The number of aromatic amines is 1. The Bertz CT molecular complexity index is 258. The fourth-order valence-electron chi connectivity index (χ4n) is 1.27. The van der Waals surface area contributed by atoms with Crippen LogP contribution >= 0.6 is 0 Å². The summed E-state index contributed by atoms with van der Waals surface area (Å²) < 4.78 is 0. The molecule has 1 aliphatic rings. The number of carbonyl (C=O) groups is 1. The van der Waals surface area contributed by atoms with Gasteiger partial charge in [-0.05, 0) is 11.6 Å². The smallest absolute Gasteiger partial charge is 0.450 e. The molecule has 5 heteroatoms. The molecule has 0 aromatic carbocycles. The number of hydrogen-bond donors (Lipinski definition) is 4. The molecule has 4 N–H and O–H groups in total. The zero-order chi connectivity index (χ0) is 9.68. The van der Waals surface area contributed by atoms with Gasteiger partial charge in [-0.25, -0.2) is 4.79 Å². The van der Waals surface area contributed by atoms with Gasteiger partial charge in [0.2, 0.25) is 0 Å². The van der Waals surface area contributed by atoms with Crippen molar-refractivity contribution in [2.45, 2.75) is 13.0 Å². The molecule has 0 aliphatic carbocycles. The summed E-state index contributed by atoms with van der Waals surface area (Å²) in [4.78, 5) is 11.8. The Balaban J connectivity index is 0.000000184. The van der Waals surface area contributed by atoms with Crippen LogP contribution in [0.3, 0.4) is 0 Å². The summed E-state index contributed by atoms with van der Waals surface area (Å²) in [6.07, 6.45) is 1.33. The SMILES string of the molecule is O=C(O)O.c1cc2c([nH]1)CCNC2. The lowest BCUT2D eigenvalue weighted by molar-refractivity contribution is 0.137. The topological polar surface area (TPSA) is 85.3 Å². The fraction of sp³-hybridized carbons (Fsp3) is 0.375. The van der Waals surface area contributed by atoms with E-state index in [9.17, 15) is 0 Å². The lowest BCUT2D eigenvalue weighted by Crippen LogP contribution is -2.22. The molecule has 1 aliphatic heterocycles. The number of nitrogens with one attached hydrogen (secondary N) is 2. The molecule has 2 rings (SSSR count). The average molecular weight is 184 g/mol. The van der Waals surface area contributed by atoms with Crippen molar-refractivity contribution in [3.8, 4) is 0 Å². The molecule has 1 aromatic rings. The van der Waals surface area contributed by atoms with E-state index in [1.54, 1.807) is 0 Å². The van der Waals surface area contributed by atoms with E-state index in [2.05, 4.69) is 16.4 Å². The number of H-pyrrole nitrogens is 1. The molecule has 0 bridgehead atoms. The van der Waals surface area contributed by atoms with Gasteiger partial charge in [0.15, 0.2) is 0 Å². The first kappa shape index (κ1) is 9.60. The van der Waals surface area contributed by atoms with Gasteiger partial charge in [-0.3, -0.25) is 0 Å². The van der Waals surface area contributed by atoms with Crippen LogP contribution in [0.25, 0.3) is 0 Å². The Morgan fingerprint density at radius 2 is 2.15 bits per heavy atom. The summed E-state index contributed by atoms with van der Waals surface area (Å²) in [5.41, 5.74) is 2.84. The predicted molar refractivity (Wildman–Crippen MR) is 46.9 cm³/mol. The molecule has 0 amide bonds. The molecule has 72 valence electrons. The summed E-state index contributed by atoms with van der Waals surface area (Å²) in [5, 5.41) is 17.3. The highest BCUT2D eigenvalue weighted by Crippen LogP contribution is 2.09. The van der Waals surface area contributed by atoms with E-state index in [1.165, 1.54) is 11.3 Å². The maximum absolute atomic E-state index is 8.56. The third-order valence-electron chi connectivity index (χ3n) is 1.80. The molecule has 0 saturated carbocycles. The Morgan fingerprint density at radius 1 is 1.46 bits per heavy atom. The minimum atomic E-state index is -1.83. The van der Waals surface area contributed by atoms with E-state index in [0.717, 1.165) is 19.5 Å². The van der Waals surface area contributed by atoms with Crippen LogP contribution < -0.4 is 5.32 Å². The minimum absolute atomic E-state index is 1.04. The molecule has 0 saturated heterocycles. The Morgan fingerprint density at radius 3 is 2.77 bits per heavy atom. The molecule has 2 heterocycles. The van der Waals surface area contributed by atoms with Gasteiger partial charge < -0.3 is 20.5 Å². The maximum atomic E-state index is 8.56. The van der Waals surface area contributed by atoms with E-state index in [-0.39, 0.29) is 0 Å². The second kappa shape index (κ2) is 4.51. The monoisotopic (exact) mass is 184 g/mol. The maximum Gasteiger partial charge on any atom is 0.503 e. The number of rotatable bonds is 0. The first-order chi connectivity index (χ1) is 6.20. The highest BCUT2D eigenvalue weighted by Gasteiger charge is 2.06. The van der Waals surface area contributed by atoms with Gasteiger partial charge in [0.05, 0.1) is 0 Å². The number of aromatic nitrogens is 1. The largest absolute Gasteiger partial charge is 0.503 e. The standard InChI is InChI=1S/C7H10N2.CH2O3/c1-4-9-7-2-3-8-5-6(1)7;2-1(3)4/h1,4,8-9H,2-3,5H2;(H2,2,3,4). The lowest BCUT2D eigenvalue weighted by Gasteiger charge is -2.11. The molecule has 1 aromatic heterocycles. The van der Waals surface area contributed by atoms with Gasteiger partial charge in [-0.1, -0.05) is 0 Å². The Kier molecular flexibility index (Phi) is 3.33. The average Bonchev–Trinajstić information content (AvgIpc) is 2.49. The van der Waals surface area contributed by atoms with Gasteiger partial charge in [-0.15, -0.1) is 0 Å². The molecule has 0 unspecified atom stereocenters. The summed E-state index contributed by atoms with van der Waals surface area (Å²) in [5.74, 6) is 0. The van der Waals surface area contributed by atoms with Gasteiger partial charge in [0.25, 0.3) is 0 Å². The Hall–Kier alpha value is -1.49. The quantitative estimate of drug-likeness (QED) is 0.482. The van der Waals surface area contributed by atoms with Crippen LogP contribution in [-0.2, 0) is 13.0 Å². The van der Waals surface area contributed by atoms with E-state index in [0.29, 0.717) is 0 Å². The summed E-state index contributed by atoms with van der Waals surface area (Å²) in [6.45, 7) is 2.16. The molecule has 13 heavy (non-hydrogen) atoms. The number of fused-ring (bicyclic) bond motifs is 1. The van der Waals surface area contributed by atoms with E-state index in [4.69, 9.17) is 15.0 Å². The highest BCUT2D eigenvalue weighted by molar-refractivity contribution is 5.53. The van der Waals surface area contributed by atoms with Crippen LogP contribution in [0, 0.1) is 0 Å². The van der Waals surface area contributed by atoms with Crippen LogP contribution in [0.5, 0.6) is 0 Å². The second-order valence-electron chi connectivity index (χ2n) is 2.69. The van der Waals surface area contributed by atoms with Crippen LogP contribution in [0.1, 0.15) is 11.3 Å². The summed E-state index contributed by atoms with van der Waals surface area (Å²) in [7, 11) is 0. The van der Waals surface area contributed by atoms with Crippen molar-refractivity contribution in [1.29, 1.82) is 0 Å². The normalized spacial score (nSPS) is 13.8. The highest BCUT2D eigenvalue weighted by atomic mass is 16.6. The van der Waals surface area contributed by atoms with Crippen molar-refractivity contribution in [3.05, 3.63) is 23.5 Å². The number of hydrogen-bond acceptors (Lipinski definition) is 2. The van der Waals surface area contributed by atoms with Crippen LogP contribution in [0.15, 0.2) is 12.3 Å².